The Balaban J connectivity index is 2.45. The van der Waals surface area contributed by atoms with Gasteiger partial charge in [-0.3, -0.25) is 0 Å². The number of hydrogen-bond donors (Lipinski definition) is 1. The lowest BCUT2D eigenvalue weighted by atomic mass is 10.4. The summed E-state index contributed by atoms with van der Waals surface area (Å²) in [5.74, 6) is -0.945. The number of carboxylic acid groups (broad SMARTS) is 1. The topological polar surface area (TPSA) is 59.4 Å². The molecule has 4 nitrogen and oxygen atoms in total. The molecule has 5 heteroatoms. The second-order valence-electron chi connectivity index (χ2n) is 2.63. The van der Waals surface area contributed by atoms with E-state index in [4.69, 9.17) is 9.84 Å². The van der Waals surface area contributed by atoms with Crippen molar-refractivity contribution in [2.45, 2.75) is 20.5 Å². The van der Waals surface area contributed by atoms with Crippen molar-refractivity contribution in [2.24, 2.45) is 0 Å². The number of hydrogen-bond acceptors (Lipinski definition) is 4. The minimum atomic E-state index is -0.945. The quantitative estimate of drug-likeness (QED) is 0.799. The molecule has 0 spiro atoms. The van der Waals surface area contributed by atoms with Crippen molar-refractivity contribution >= 4 is 17.3 Å². The van der Waals surface area contributed by atoms with Crippen molar-refractivity contribution in [3.05, 3.63) is 15.6 Å². The number of nitrogens with zero attached hydrogens (tertiary/aromatic N) is 1. The predicted molar refractivity (Wildman–Crippen MR) is 48.9 cm³/mol. The third-order valence-electron chi connectivity index (χ3n) is 1.46. The molecule has 0 unspecified atom stereocenters. The normalized spacial score (nSPS) is 10.3. The molecule has 0 saturated carbocycles. The molecule has 0 saturated heterocycles. The van der Waals surface area contributed by atoms with E-state index < -0.39 is 5.97 Å². The van der Waals surface area contributed by atoms with Crippen molar-refractivity contribution in [3.8, 4) is 0 Å². The summed E-state index contributed by atoms with van der Waals surface area (Å²) in [5.41, 5.74) is 0.924. The van der Waals surface area contributed by atoms with E-state index in [0.29, 0.717) is 6.61 Å². The molecule has 0 fully saturated rings. The first kappa shape index (κ1) is 10.1. The van der Waals surface area contributed by atoms with Crippen LogP contribution in [0.5, 0.6) is 0 Å². The highest BCUT2D eigenvalue weighted by atomic mass is 32.1. The standard InChI is InChI=1S/C8H11NO3S/c1-5-7(13-6(2)9-5)3-12-4-8(10)11/h3-4H2,1-2H3,(H,10,11). The van der Waals surface area contributed by atoms with Crippen LogP contribution < -0.4 is 0 Å². The van der Waals surface area contributed by atoms with Gasteiger partial charge in [0.2, 0.25) is 0 Å². The van der Waals surface area contributed by atoms with E-state index in [9.17, 15) is 4.79 Å². The molecule has 1 N–H and O–H groups in total. The monoisotopic (exact) mass is 201 g/mol. The zero-order chi connectivity index (χ0) is 9.84. The van der Waals surface area contributed by atoms with Crippen LogP contribution in [0.1, 0.15) is 15.6 Å². The lowest BCUT2D eigenvalue weighted by Gasteiger charge is -1.98. The van der Waals surface area contributed by atoms with Gasteiger partial charge in [0.25, 0.3) is 0 Å². The van der Waals surface area contributed by atoms with E-state index in [-0.39, 0.29) is 6.61 Å². The fourth-order valence-corrected chi connectivity index (χ4v) is 1.81. The molecule has 0 amide bonds. The second-order valence-corrected chi connectivity index (χ2v) is 3.92. The van der Waals surface area contributed by atoms with Crippen LogP contribution in [0.25, 0.3) is 0 Å². The highest BCUT2D eigenvalue weighted by Crippen LogP contribution is 2.17. The fraction of sp³-hybridized carbons (Fsp3) is 0.500. The summed E-state index contributed by atoms with van der Waals surface area (Å²) in [6.45, 7) is 3.89. The van der Waals surface area contributed by atoms with Gasteiger partial charge in [0.05, 0.1) is 22.2 Å². The van der Waals surface area contributed by atoms with Crippen molar-refractivity contribution in [2.75, 3.05) is 6.61 Å². The van der Waals surface area contributed by atoms with E-state index in [1.54, 1.807) is 0 Å². The summed E-state index contributed by atoms with van der Waals surface area (Å²) in [6.07, 6.45) is 0. The number of rotatable bonds is 4. The van der Waals surface area contributed by atoms with E-state index in [0.717, 1.165) is 15.6 Å². The smallest absolute Gasteiger partial charge is 0.329 e. The third kappa shape index (κ3) is 3.12. The zero-order valence-electron chi connectivity index (χ0n) is 7.53. The molecule has 0 aromatic carbocycles. The molecule has 0 aliphatic rings. The number of ether oxygens (including phenoxy) is 1. The molecule has 1 heterocycles. The van der Waals surface area contributed by atoms with Crippen LogP contribution in [-0.2, 0) is 16.1 Å². The molecule has 0 aliphatic carbocycles. The Hall–Kier alpha value is -0.940. The molecule has 0 bridgehead atoms. The average Bonchev–Trinajstić information content (AvgIpc) is 2.29. The van der Waals surface area contributed by atoms with Crippen LogP contribution in [0.15, 0.2) is 0 Å². The van der Waals surface area contributed by atoms with Gasteiger partial charge in [-0.1, -0.05) is 0 Å². The Morgan fingerprint density at radius 2 is 2.31 bits per heavy atom. The van der Waals surface area contributed by atoms with Gasteiger partial charge in [-0.2, -0.15) is 0 Å². The summed E-state index contributed by atoms with van der Waals surface area (Å²) in [5, 5.41) is 9.31. The van der Waals surface area contributed by atoms with Crippen molar-refractivity contribution < 1.29 is 14.6 Å². The van der Waals surface area contributed by atoms with Crippen molar-refractivity contribution in [3.63, 3.8) is 0 Å². The molecule has 72 valence electrons. The van der Waals surface area contributed by atoms with Gasteiger partial charge >= 0.3 is 5.97 Å². The molecular weight excluding hydrogens is 190 g/mol. The van der Waals surface area contributed by atoms with Crippen molar-refractivity contribution in [1.29, 1.82) is 0 Å². The lowest BCUT2D eigenvalue weighted by molar-refractivity contribution is -0.142. The summed E-state index contributed by atoms with van der Waals surface area (Å²) in [7, 11) is 0. The number of carboxylic acids is 1. The van der Waals surface area contributed by atoms with Crippen LogP contribution >= 0.6 is 11.3 Å². The fourth-order valence-electron chi connectivity index (χ4n) is 0.938. The first-order chi connectivity index (χ1) is 6.09. The number of carbonyl (C=O) groups is 1. The maximum absolute atomic E-state index is 10.1. The molecule has 0 atom stereocenters. The Morgan fingerprint density at radius 3 is 2.77 bits per heavy atom. The minimum Gasteiger partial charge on any atom is -0.480 e. The van der Waals surface area contributed by atoms with Gasteiger partial charge in [-0.05, 0) is 13.8 Å². The van der Waals surface area contributed by atoms with Gasteiger partial charge in [-0.25, -0.2) is 9.78 Å². The molecule has 13 heavy (non-hydrogen) atoms. The lowest BCUT2D eigenvalue weighted by Crippen LogP contribution is -2.06. The highest BCUT2D eigenvalue weighted by Gasteiger charge is 2.05. The minimum absolute atomic E-state index is 0.254. The van der Waals surface area contributed by atoms with Gasteiger partial charge in [0, 0.05) is 0 Å². The molecule has 0 radical (unpaired) electrons. The Labute approximate surface area is 80.2 Å². The zero-order valence-corrected chi connectivity index (χ0v) is 8.35. The maximum atomic E-state index is 10.1. The molecule has 1 aromatic rings. The Bertz CT molecular complexity index is 308. The number of aromatic nitrogens is 1. The van der Waals surface area contributed by atoms with Crippen LogP contribution in [0.3, 0.4) is 0 Å². The number of aliphatic carboxylic acids is 1. The second kappa shape index (κ2) is 4.34. The average molecular weight is 201 g/mol. The molecule has 1 rings (SSSR count). The number of aryl methyl sites for hydroxylation is 2. The summed E-state index contributed by atoms with van der Waals surface area (Å²) in [4.78, 5) is 15.3. The summed E-state index contributed by atoms with van der Waals surface area (Å²) in [6, 6.07) is 0. The largest absolute Gasteiger partial charge is 0.480 e. The SMILES string of the molecule is Cc1nc(C)c(COCC(=O)O)s1. The first-order valence-electron chi connectivity index (χ1n) is 3.82. The summed E-state index contributed by atoms with van der Waals surface area (Å²) >= 11 is 1.54. The van der Waals surface area contributed by atoms with Gasteiger partial charge in [-0.15, -0.1) is 11.3 Å². The van der Waals surface area contributed by atoms with Gasteiger partial charge in [0.15, 0.2) is 0 Å². The van der Waals surface area contributed by atoms with Crippen LogP contribution in [0.2, 0.25) is 0 Å². The van der Waals surface area contributed by atoms with E-state index >= 15 is 0 Å². The van der Waals surface area contributed by atoms with Crippen molar-refractivity contribution in [1.82, 2.24) is 4.98 Å². The first-order valence-corrected chi connectivity index (χ1v) is 4.63. The van der Waals surface area contributed by atoms with E-state index in [1.165, 1.54) is 11.3 Å². The third-order valence-corrected chi connectivity index (χ3v) is 2.50. The Morgan fingerprint density at radius 1 is 1.62 bits per heavy atom. The van der Waals surface area contributed by atoms with E-state index in [1.807, 2.05) is 13.8 Å². The maximum Gasteiger partial charge on any atom is 0.329 e. The molecule has 0 aliphatic heterocycles. The predicted octanol–water partition coefficient (Wildman–Crippen LogP) is 1.36. The molecular formula is C8H11NO3S. The van der Waals surface area contributed by atoms with Crippen LogP contribution in [-0.4, -0.2) is 22.7 Å². The summed E-state index contributed by atoms with van der Waals surface area (Å²) < 4.78 is 4.95. The number of thiazole rings is 1. The highest BCUT2D eigenvalue weighted by molar-refractivity contribution is 7.11. The van der Waals surface area contributed by atoms with Gasteiger partial charge < -0.3 is 9.84 Å². The van der Waals surface area contributed by atoms with Gasteiger partial charge in [0.1, 0.15) is 6.61 Å². The van der Waals surface area contributed by atoms with Crippen LogP contribution in [0, 0.1) is 13.8 Å². The van der Waals surface area contributed by atoms with Crippen LogP contribution in [0.4, 0.5) is 0 Å². The Kier molecular flexibility index (Phi) is 3.39. The van der Waals surface area contributed by atoms with E-state index in [2.05, 4.69) is 4.98 Å². The molecule has 1 aromatic heterocycles.